The molecule has 3 aromatic rings. The van der Waals surface area contributed by atoms with Crippen LogP contribution in [0.3, 0.4) is 0 Å². The van der Waals surface area contributed by atoms with Crippen molar-refractivity contribution in [2.75, 3.05) is 17.2 Å². The normalized spacial score (nSPS) is 10.4. The van der Waals surface area contributed by atoms with Crippen molar-refractivity contribution in [2.45, 2.75) is 13.8 Å². The average molecular weight is 356 g/mol. The highest BCUT2D eigenvalue weighted by molar-refractivity contribution is 6.30. The molecule has 0 aliphatic rings. The summed E-state index contributed by atoms with van der Waals surface area (Å²) in [6.45, 7) is 4.49. The third-order valence-electron chi connectivity index (χ3n) is 3.44. The molecule has 7 heteroatoms. The molecule has 0 saturated heterocycles. The fraction of sp³-hybridized carbons (Fsp3) is 0.167. The molecule has 1 aromatic heterocycles. The Morgan fingerprint density at radius 2 is 1.92 bits per heavy atom. The van der Waals surface area contributed by atoms with E-state index < -0.39 is 0 Å². The van der Waals surface area contributed by atoms with E-state index >= 15 is 0 Å². The van der Waals surface area contributed by atoms with Crippen LogP contribution in [0.25, 0.3) is 0 Å². The number of ether oxygens (including phenoxy) is 1. The van der Waals surface area contributed by atoms with Gasteiger partial charge >= 0.3 is 0 Å². The van der Waals surface area contributed by atoms with Gasteiger partial charge in [0, 0.05) is 10.7 Å². The zero-order valence-corrected chi connectivity index (χ0v) is 14.7. The van der Waals surface area contributed by atoms with Crippen LogP contribution in [-0.4, -0.2) is 21.8 Å². The van der Waals surface area contributed by atoms with E-state index in [-0.39, 0.29) is 0 Å². The Kier molecular flexibility index (Phi) is 5.30. The minimum atomic E-state index is 0.393. The van der Waals surface area contributed by atoms with Gasteiger partial charge in [0.2, 0.25) is 5.95 Å². The van der Waals surface area contributed by atoms with Crippen molar-refractivity contribution in [1.82, 2.24) is 15.2 Å². The molecule has 0 aliphatic heterocycles. The van der Waals surface area contributed by atoms with E-state index in [9.17, 15) is 0 Å². The van der Waals surface area contributed by atoms with E-state index in [4.69, 9.17) is 16.3 Å². The summed E-state index contributed by atoms with van der Waals surface area (Å²) in [4.78, 5) is 4.44. The number of benzene rings is 2. The Labute approximate surface area is 151 Å². The van der Waals surface area contributed by atoms with E-state index in [0.717, 1.165) is 22.7 Å². The number of hydrogen-bond donors (Lipinski definition) is 2. The Bertz CT molecular complexity index is 872. The van der Waals surface area contributed by atoms with Crippen molar-refractivity contribution < 1.29 is 4.74 Å². The smallest absolute Gasteiger partial charge is 0.249 e. The van der Waals surface area contributed by atoms with Crippen molar-refractivity contribution in [3.05, 3.63) is 59.2 Å². The summed E-state index contributed by atoms with van der Waals surface area (Å²) in [5, 5.41) is 15.1. The number of aromatic nitrogens is 3. The van der Waals surface area contributed by atoms with E-state index in [1.807, 2.05) is 56.3 Å². The minimum absolute atomic E-state index is 0.393. The molecular weight excluding hydrogens is 338 g/mol. The van der Waals surface area contributed by atoms with Gasteiger partial charge in [-0.2, -0.15) is 10.1 Å². The molecule has 2 N–H and O–H groups in total. The Balaban J connectivity index is 1.80. The van der Waals surface area contributed by atoms with Crippen molar-refractivity contribution in [3.8, 4) is 5.75 Å². The van der Waals surface area contributed by atoms with E-state index in [0.29, 0.717) is 23.4 Å². The fourth-order valence-corrected chi connectivity index (χ4v) is 2.52. The van der Waals surface area contributed by atoms with Crippen molar-refractivity contribution >= 4 is 34.7 Å². The number of anilines is 4. The molecule has 0 atom stereocenters. The lowest BCUT2D eigenvalue weighted by Crippen LogP contribution is -2.04. The first-order chi connectivity index (χ1) is 12.2. The highest BCUT2D eigenvalue weighted by atomic mass is 35.5. The van der Waals surface area contributed by atoms with Gasteiger partial charge in [-0.05, 0) is 49.7 Å². The molecule has 0 bridgehead atoms. The molecule has 2 aromatic carbocycles. The number of para-hydroxylation sites is 2. The van der Waals surface area contributed by atoms with Crippen LogP contribution in [0.5, 0.6) is 5.75 Å². The monoisotopic (exact) mass is 355 g/mol. The number of rotatable bonds is 6. The molecule has 25 heavy (non-hydrogen) atoms. The average Bonchev–Trinajstić information content (AvgIpc) is 2.60. The maximum atomic E-state index is 5.98. The van der Waals surface area contributed by atoms with Crippen LogP contribution in [0.1, 0.15) is 12.5 Å². The number of halogens is 1. The Morgan fingerprint density at radius 3 is 2.72 bits per heavy atom. The highest BCUT2D eigenvalue weighted by Gasteiger charge is 2.07. The van der Waals surface area contributed by atoms with Crippen molar-refractivity contribution in [3.63, 3.8) is 0 Å². The Morgan fingerprint density at radius 1 is 1.08 bits per heavy atom. The molecule has 6 nitrogen and oxygen atoms in total. The van der Waals surface area contributed by atoms with Gasteiger partial charge in [0.25, 0.3) is 0 Å². The van der Waals surface area contributed by atoms with E-state index in [1.54, 1.807) is 6.20 Å². The van der Waals surface area contributed by atoms with Crippen LogP contribution in [0.15, 0.2) is 48.7 Å². The maximum absolute atomic E-state index is 5.98. The topological polar surface area (TPSA) is 72.0 Å². The molecule has 1 heterocycles. The van der Waals surface area contributed by atoms with Gasteiger partial charge in [-0.15, -0.1) is 5.10 Å². The van der Waals surface area contributed by atoms with Crippen LogP contribution in [0.2, 0.25) is 5.02 Å². The summed E-state index contributed by atoms with van der Waals surface area (Å²) < 4.78 is 5.61. The van der Waals surface area contributed by atoms with Crippen LogP contribution in [0.4, 0.5) is 23.1 Å². The molecule has 0 saturated carbocycles. The van der Waals surface area contributed by atoms with Gasteiger partial charge < -0.3 is 15.4 Å². The second kappa shape index (κ2) is 7.81. The summed E-state index contributed by atoms with van der Waals surface area (Å²) in [6.07, 6.45) is 1.56. The van der Waals surface area contributed by atoms with Crippen molar-refractivity contribution in [2.24, 2.45) is 0 Å². The lowest BCUT2D eigenvalue weighted by atomic mass is 10.2. The first-order valence-electron chi connectivity index (χ1n) is 7.87. The van der Waals surface area contributed by atoms with Crippen LogP contribution >= 0.6 is 11.6 Å². The van der Waals surface area contributed by atoms with Crippen LogP contribution in [0, 0.1) is 6.92 Å². The molecule has 0 unspecified atom stereocenters. The second-order valence-corrected chi connectivity index (χ2v) is 5.74. The van der Waals surface area contributed by atoms with Gasteiger partial charge in [-0.3, -0.25) is 0 Å². The predicted molar refractivity (Wildman–Crippen MR) is 100 cm³/mol. The second-order valence-electron chi connectivity index (χ2n) is 5.30. The van der Waals surface area contributed by atoms with Gasteiger partial charge in [0.1, 0.15) is 5.75 Å². The summed E-state index contributed by atoms with van der Waals surface area (Å²) >= 11 is 5.98. The third-order valence-corrected chi connectivity index (χ3v) is 3.68. The molecule has 0 fully saturated rings. The molecule has 3 rings (SSSR count). The highest BCUT2D eigenvalue weighted by Crippen LogP contribution is 2.27. The number of aryl methyl sites for hydroxylation is 1. The van der Waals surface area contributed by atoms with Gasteiger partial charge in [0.05, 0.1) is 18.5 Å². The molecule has 128 valence electrons. The third kappa shape index (κ3) is 4.36. The first kappa shape index (κ1) is 17.0. The summed E-state index contributed by atoms with van der Waals surface area (Å²) in [7, 11) is 0. The number of hydrogen-bond acceptors (Lipinski definition) is 6. The zero-order chi connectivity index (χ0) is 17.6. The standard InChI is InChI=1S/C18H18ClN5O/c1-3-25-16-7-5-4-6-15(16)21-17-11-20-24-18(23-17)22-14-9-8-13(19)10-12(14)2/h4-11H,3H2,1-2H3,(H2,21,22,23,24). The largest absolute Gasteiger partial charge is 0.492 e. The zero-order valence-electron chi connectivity index (χ0n) is 14.0. The Hall–Kier alpha value is -2.86. The van der Waals surface area contributed by atoms with Crippen LogP contribution < -0.4 is 15.4 Å². The fourth-order valence-electron chi connectivity index (χ4n) is 2.29. The summed E-state index contributed by atoms with van der Waals surface area (Å²) in [5.74, 6) is 1.72. The minimum Gasteiger partial charge on any atom is -0.492 e. The summed E-state index contributed by atoms with van der Waals surface area (Å²) in [6, 6.07) is 13.2. The molecule has 0 radical (unpaired) electrons. The van der Waals surface area contributed by atoms with Gasteiger partial charge in [-0.1, -0.05) is 23.7 Å². The van der Waals surface area contributed by atoms with Gasteiger partial charge in [0.15, 0.2) is 5.82 Å². The van der Waals surface area contributed by atoms with E-state index in [2.05, 4.69) is 25.8 Å². The maximum Gasteiger partial charge on any atom is 0.249 e. The number of nitrogens with zero attached hydrogens (tertiary/aromatic N) is 3. The summed E-state index contributed by atoms with van der Waals surface area (Å²) in [5.41, 5.74) is 2.69. The molecule has 0 spiro atoms. The quantitative estimate of drug-likeness (QED) is 0.666. The van der Waals surface area contributed by atoms with Crippen molar-refractivity contribution in [1.29, 1.82) is 0 Å². The van der Waals surface area contributed by atoms with Gasteiger partial charge in [-0.25, -0.2) is 0 Å². The number of nitrogens with one attached hydrogen (secondary N) is 2. The lowest BCUT2D eigenvalue weighted by Gasteiger charge is -2.12. The molecular formula is C18H18ClN5O. The SMILES string of the molecule is CCOc1ccccc1Nc1cnnc(Nc2ccc(Cl)cc2C)n1. The van der Waals surface area contributed by atoms with E-state index in [1.165, 1.54) is 0 Å². The predicted octanol–water partition coefficient (Wildman–Crippen LogP) is 4.72. The lowest BCUT2D eigenvalue weighted by molar-refractivity contribution is 0.342. The first-order valence-corrected chi connectivity index (χ1v) is 8.25. The molecule has 0 aliphatic carbocycles. The van der Waals surface area contributed by atoms with Crippen LogP contribution in [-0.2, 0) is 0 Å². The molecule has 0 amide bonds.